The van der Waals surface area contributed by atoms with Gasteiger partial charge in [-0.3, -0.25) is 4.79 Å². The van der Waals surface area contributed by atoms with E-state index in [9.17, 15) is 13.2 Å². The number of rotatable bonds is 4. The summed E-state index contributed by atoms with van der Waals surface area (Å²) >= 11 is 0. The van der Waals surface area contributed by atoms with Gasteiger partial charge in [0.05, 0.1) is 6.26 Å². The third kappa shape index (κ3) is 3.42. The molecule has 7 nitrogen and oxygen atoms in total. The molecule has 3 N–H and O–H groups in total. The van der Waals surface area contributed by atoms with Crippen LogP contribution >= 0.6 is 0 Å². The molecule has 0 aromatic carbocycles. The van der Waals surface area contributed by atoms with Gasteiger partial charge in [-0.1, -0.05) is 6.07 Å². The van der Waals surface area contributed by atoms with Crippen molar-refractivity contribution in [1.82, 2.24) is 9.29 Å². The highest BCUT2D eigenvalue weighted by atomic mass is 32.2. The summed E-state index contributed by atoms with van der Waals surface area (Å²) in [6.07, 6.45) is 1.90. The van der Waals surface area contributed by atoms with E-state index in [4.69, 9.17) is 5.73 Å². The number of aromatic nitrogens is 1. The van der Waals surface area contributed by atoms with Gasteiger partial charge in [-0.15, -0.1) is 0 Å². The maximum Gasteiger partial charge on any atom is 0.267 e. The van der Waals surface area contributed by atoms with Crippen LogP contribution in [-0.4, -0.2) is 49.0 Å². The van der Waals surface area contributed by atoms with Crippen LogP contribution in [0.25, 0.3) is 0 Å². The highest BCUT2D eigenvalue weighted by Crippen LogP contribution is 2.16. The van der Waals surface area contributed by atoms with Crippen molar-refractivity contribution in [2.75, 3.05) is 24.7 Å². The third-order valence-corrected chi connectivity index (χ3v) is 4.24. The van der Waals surface area contributed by atoms with Crippen molar-refractivity contribution in [3.05, 3.63) is 23.9 Å². The van der Waals surface area contributed by atoms with Crippen LogP contribution in [0.2, 0.25) is 0 Å². The smallest absolute Gasteiger partial charge is 0.267 e. The fourth-order valence-corrected chi connectivity index (χ4v) is 2.90. The molecular weight excluding hydrogens is 268 g/mol. The first-order chi connectivity index (χ1) is 8.86. The molecule has 0 bridgehead atoms. The van der Waals surface area contributed by atoms with Crippen molar-refractivity contribution in [1.29, 1.82) is 0 Å². The van der Waals surface area contributed by atoms with E-state index in [1.54, 1.807) is 12.1 Å². The molecule has 2 heterocycles. The zero-order valence-electron chi connectivity index (χ0n) is 10.5. The Morgan fingerprint density at radius 3 is 2.84 bits per heavy atom. The topological polar surface area (TPSA) is 105 Å². The molecule has 0 unspecified atom stereocenters. The van der Waals surface area contributed by atoms with Gasteiger partial charge >= 0.3 is 0 Å². The zero-order valence-corrected chi connectivity index (χ0v) is 11.4. The Labute approximate surface area is 111 Å². The Kier molecular flexibility index (Phi) is 3.72. The third-order valence-electron chi connectivity index (χ3n) is 2.97. The minimum absolute atomic E-state index is 0.00893. The van der Waals surface area contributed by atoms with Gasteiger partial charge in [-0.2, -0.15) is 0 Å². The molecule has 0 radical (unpaired) electrons. The molecule has 1 atom stereocenters. The Morgan fingerprint density at radius 2 is 2.26 bits per heavy atom. The molecule has 104 valence electrons. The maximum atomic E-state index is 11.4. The highest BCUT2D eigenvalue weighted by Gasteiger charge is 2.28. The molecule has 0 spiro atoms. The van der Waals surface area contributed by atoms with E-state index in [0.717, 1.165) is 0 Å². The molecule has 0 aliphatic carbocycles. The second kappa shape index (κ2) is 5.14. The number of nitrogens with zero attached hydrogens (tertiary/aromatic N) is 2. The van der Waals surface area contributed by atoms with Gasteiger partial charge in [0, 0.05) is 19.1 Å². The molecule has 1 aliphatic heterocycles. The predicted octanol–water partition coefficient (Wildman–Crippen LogP) is -0.374. The minimum Gasteiger partial charge on any atom is -0.366 e. The van der Waals surface area contributed by atoms with Gasteiger partial charge in [0.25, 0.3) is 5.91 Å². The number of nitrogens with two attached hydrogens (primary N) is 1. The molecule has 0 saturated carbocycles. The van der Waals surface area contributed by atoms with Crippen LogP contribution in [0.15, 0.2) is 18.2 Å². The molecule has 1 amide bonds. The van der Waals surface area contributed by atoms with Crippen molar-refractivity contribution in [3.8, 4) is 0 Å². The van der Waals surface area contributed by atoms with E-state index < -0.39 is 15.9 Å². The van der Waals surface area contributed by atoms with E-state index >= 15 is 0 Å². The van der Waals surface area contributed by atoms with E-state index in [0.29, 0.717) is 25.3 Å². The zero-order chi connectivity index (χ0) is 14.0. The first kappa shape index (κ1) is 13.8. The highest BCUT2D eigenvalue weighted by molar-refractivity contribution is 7.88. The van der Waals surface area contributed by atoms with Crippen molar-refractivity contribution in [2.24, 2.45) is 5.73 Å². The van der Waals surface area contributed by atoms with Crippen LogP contribution in [-0.2, 0) is 10.0 Å². The summed E-state index contributed by atoms with van der Waals surface area (Å²) in [4.78, 5) is 15.1. The first-order valence-corrected chi connectivity index (χ1v) is 7.69. The van der Waals surface area contributed by atoms with E-state index in [-0.39, 0.29) is 11.7 Å². The van der Waals surface area contributed by atoms with Crippen molar-refractivity contribution in [3.63, 3.8) is 0 Å². The molecule has 1 saturated heterocycles. The van der Waals surface area contributed by atoms with Crippen LogP contribution < -0.4 is 11.1 Å². The summed E-state index contributed by atoms with van der Waals surface area (Å²) in [6, 6.07) is 4.92. The minimum atomic E-state index is -3.15. The number of primary amides is 1. The number of amides is 1. The summed E-state index contributed by atoms with van der Waals surface area (Å²) in [7, 11) is -3.15. The number of hydrogen-bond donors (Lipinski definition) is 2. The molecule has 1 aliphatic rings. The van der Waals surface area contributed by atoms with Crippen molar-refractivity contribution in [2.45, 2.75) is 12.5 Å². The Hall–Kier alpha value is -1.67. The van der Waals surface area contributed by atoms with Crippen LogP contribution in [0.1, 0.15) is 16.9 Å². The second-order valence-corrected chi connectivity index (χ2v) is 6.51. The van der Waals surface area contributed by atoms with Gasteiger partial charge in [0.1, 0.15) is 11.5 Å². The largest absolute Gasteiger partial charge is 0.366 e. The Morgan fingerprint density at radius 1 is 1.53 bits per heavy atom. The number of sulfonamides is 1. The average molecular weight is 284 g/mol. The Bertz CT molecular complexity index is 587. The molecule has 1 aromatic heterocycles. The fraction of sp³-hybridized carbons (Fsp3) is 0.455. The number of anilines is 1. The van der Waals surface area contributed by atoms with E-state index in [1.165, 1.54) is 16.6 Å². The standard InChI is InChI=1S/C11H16N4O3S/c1-19(17,18)15-6-5-8(7-15)13-10-4-2-3-9(14-10)11(12)16/h2-4,8H,5-7H2,1H3,(H2,12,16)(H,13,14)/t8-/m0/s1. The first-order valence-electron chi connectivity index (χ1n) is 5.85. The second-order valence-electron chi connectivity index (χ2n) is 4.52. The predicted molar refractivity (Wildman–Crippen MR) is 71.2 cm³/mol. The Balaban J connectivity index is 2.03. The van der Waals surface area contributed by atoms with Gasteiger partial charge < -0.3 is 11.1 Å². The number of carbonyl (C=O) groups is 1. The van der Waals surface area contributed by atoms with Gasteiger partial charge in [0.15, 0.2) is 0 Å². The summed E-state index contributed by atoms with van der Waals surface area (Å²) < 4.78 is 24.2. The van der Waals surface area contributed by atoms with Crippen molar-refractivity contribution < 1.29 is 13.2 Å². The quantitative estimate of drug-likeness (QED) is 0.784. The summed E-state index contributed by atoms with van der Waals surface area (Å²) in [5.74, 6) is -0.0653. The molecule has 1 aromatic rings. The molecule has 19 heavy (non-hydrogen) atoms. The van der Waals surface area contributed by atoms with Gasteiger partial charge in [-0.05, 0) is 18.6 Å². The summed E-state index contributed by atoms with van der Waals surface area (Å²) in [6.45, 7) is 0.896. The number of carbonyl (C=O) groups excluding carboxylic acids is 1. The van der Waals surface area contributed by atoms with Gasteiger partial charge in [-0.25, -0.2) is 17.7 Å². The lowest BCUT2D eigenvalue weighted by Crippen LogP contribution is -2.30. The lowest BCUT2D eigenvalue weighted by Gasteiger charge is -2.15. The fourth-order valence-electron chi connectivity index (χ4n) is 2.01. The van der Waals surface area contributed by atoms with E-state index in [2.05, 4.69) is 10.3 Å². The number of pyridine rings is 1. The molecule has 2 rings (SSSR count). The van der Waals surface area contributed by atoms with Crippen LogP contribution in [0.3, 0.4) is 0 Å². The SMILES string of the molecule is CS(=O)(=O)N1CC[C@H](Nc2cccc(C(N)=O)n2)C1. The van der Waals surface area contributed by atoms with Crippen LogP contribution in [0.5, 0.6) is 0 Å². The average Bonchev–Trinajstić information content (AvgIpc) is 2.77. The lowest BCUT2D eigenvalue weighted by atomic mass is 10.2. The molecule has 1 fully saturated rings. The van der Waals surface area contributed by atoms with E-state index in [1.807, 2.05) is 0 Å². The van der Waals surface area contributed by atoms with Crippen LogP contribution in [0, 0.1) is 0 Å². The normalized spacial score (nSPS) is 20.4. The maximum absolute atomic E-state index is 11.4. The van der Waals surface area contributed by atoms with Crippen molar-refractivity contribution >= 4 is 21.7 Å². The molecule has 8 heteroatoms. The number of nitrogens with one attached hydrogen (secondary N) is 1. The molecular formula is C11H16N4O3S. The van der Waals surface area contributed by atoms with Crippen LogP contribution in [0.4, 0.5) is 5.82 Å². The summed E-state index contributed by atoms with van der Waals surface area (Å²) in [5.41, 5.74) is 5.34. The lowest BCUT2D eigenvalue weighted by molar-refractivity contribution is 0.0995. The number of hydrogen-bond acceptors (Lipinski definition) is 5. The summed E-state index contributed by atoms with van der Waals surface area (Å²) in [5, 5.41) is 3.11. The van der Waals surface area contributed by atoms with Gasteiger partial charge in [0.2, 0.25) is 10.0 Å². The monoisotopic (exact) mass is 284 g/mol.